The fraction of sp³-hybridized carbons (Fsp3) is 0. The van der Waals surface area contributed by atoms with Crippen LogP contribution in [0.3, 0.4) is 0 Å². The molecule has 8 aromatic heterocycles. The fourth-order valence-corrected chi connectivity index (χ4v) is 15.3. The molecule has 474 valence electrons. The highest BCUT2D eigenvalue weighted by molar-refractivity contribution is 6.20. The third kappa shape index (κ3) is 8.69. The van der Waals surface area contributed by atoms with E-state index in [0.29, 0.717) is 40.5 Å². The molecule has 0 fully saturated rings. The average molecular weight is 1310 g/mol. The molecule has 0 bridgehead atoms. The molecular weight excluding hydrogens is 1260 g/mol. The fourth-order valence-electron chi connectivity index (χ4n) is 15.3. The molecule has 0 radical (unpaired) electrons. The van der Waals surface area contributed by atoms with Crippen LogP contribution in [0.1, 0.15) is 0 Å². The molecule has 8 heterocycles. The van der Waals surface area contributed by atoms with E-state index in [9.17, 15) is 0 Å². The lowest BCUT2D eigenvalue weighted by molar-refractivity contribution is 0.668. The summed E-state index contributed by atoms with van der Waals surface area (Å²) >= 11 is 0. The first-order valence-electron chi connectivity index (χ1n) is 33.8. The summed E-state index contributed by atoms with van der Waals surface area (Å²) in [6.45, 7) is 0. The van der Waals surface area contributed by atoms with Gasteiger partial charge in [-0.3, -0.25) is 0 Å². The summed E-state index contributed by atoms with van der Waals surface area (Å²) in [6.07, 6.45) is 0. The predicted octanol–water partition coefficient (Wildman–Crippen LogP) is 24.5. The zero-order chi connectivity index (χ0) is 66.7. The van der Waals surface area contributed by atoms with E-state index in [2.05, 4.69) is 146 Å². The van der Waals surface area contributed by atoms with Crippen molar-refractivity contribution < 1.29 is 26.5 Å². The van der Waals surface area contributed by atoms with Gasteiger partial charge in [0.2, 0.25) is 0 Å². The van der Waals surface area contributed by atoms with E-state index in [0.717, 1.165) is 193 Å². The topological polar surface area (TPSA) is 156 Å². The Morgan fingerprint density at radius 1 is 0.157 bits per heavy atom. The van der Waals surface area contributed by atoms with Crippen LogP contribution in [0.5, 0.6) is 0 Å². The van der Waals surface area contributed by atoms with Crippen molar-refractivity contribution in [3.63, 3.8) is 0 Å². The number of para-hydroxylation sites is 5. The Morgan fingerprint density at radius 3 is 1.06 bits per heavy atom. The quantitative estimate of drug-likeness (QED) is 0.135. The van der Waals surface area contributed by atoms with Gasteiger partial charge >= 0.3 is 0 Å². The lowest BCUT2D eigenvalue weighted by atomic mass is 9.97. The van der Waals surface area contributed by atoms with Crippen molar-refractivity contribution in [1.82, 2.24) is 29.9 Å². The molecule has 0 amide bonds. The summed E-state index contributed by atoms with van der Waals surface area (Å²) in [7, 11) is 0. The average Bonchev–Trinajstić information content (AvgIpc) is 1.58. The van der Waals surface area contributed by atoms with Crippen molar-refractivity contribution in [3.05, 3.63) is 291 Å². The van der Waals surface area contributed by atoms with Gasteiger partial charge in [-0.05, 0) is 113 Å². The normalized spacial score (nSPS) is 12.1. The second kappa shape index (κ2) is 21.7. The lowest BCUT2D eigenvalue weighted by Gasteiger charge is -2.10. The molecule has 12 nitrogen and oxygen atoms in total. The Morgan fingerprint density at radius 2 is 0.480 bits per heavy atom. The third-order valence-electron chi connectivity index (χ3n) is 20.1. The van der Waals surface area contributed by atoms with Gasteiger partial charge in [0.25, 0.3) is 0 Å². The molecule has 0 aliphatic heterocycles. The maximum atomic E-state index is 6.74. The SMILES string of the molecule is c1ccc(-c2nc(-c3ccc4c(c3)oc3cccc(-c5cccc6c5oc5ccccc56)c34)nc(-c3ccc4oc5cc(-c6ccc(-c7nc(-c8ccc9c(c8)oc8cccc(-c%10cccc%11c%10oc%10ccccc%10%11)c89)nc(-c8cccc9oc%10ccccc%10c89)n7)cc6)ccc5c4c3)n2)cc1. The van der Waals surface area contributed by atoms with E-state index < -0.39 is 0 Å². The van der Waals surface area contributed by atoms with Gasteiger partial charge in [0.05, 0.1) is 0 Å². The first kappa shape index (κ1) is 56.0. The van der Waals surface area contributed by atoms with Gasteiger partial charge in [-0.15, -0.1) is 0 Å². The molecule has 12 heteroatoms. The zero-order valence-corrected chi connectivity index (χ0v) is 53.8. The highest BCUT2D eigenvalue weighted by atomic mass is 16.3. The van der Waals surface area contributed by atoms with E-state index in [-0.39, 0.29) is 0 Å². The summed E-state index contributed by atoms with van der Waals surface area (Å²) in [5.74, 6) is 3.11. The Kier molecular flexibility index (Phi) is 11.9. The minimum atomic E-state index is 0.495. The van der Waals surface area contributed by atoms with E-state index in [4.69, 9.17) is 56.4 Å². The Hall–Kier alpha value is -14.1. The Labute approximate surface area is 577 Å². The maximum absolute atomic E-state index is 6.74. The van der Waals surface area contributed by atoms with Crippen LogP contribution >= 0.6 is 0 Å². The molecule has 22 rings (SSSR count). The van der Waals surface area contributed by atoms with E-state index >= 15 is 0 Å². The minimum absolute atomic E-state index is 0.495. The lowest BCUT2D eigenvalue weighted by Crippen LogP contribution is -2.00. The Bertz CT molecular complexity index is 7280. The number of furan rings is 6. The maximum Gasteiger partial charge on any atom is 0.164 e. The predicted molar refractivity (Wildman–Crippen MR) is 406 cm³/mol. The number of hydrogen-bond acceptors (Lipinski definition) is 12. The van der Waals surface area contributed by atoms with Crippen LogP contribution in [-0.2, 0) is 0 Å². The minimum Gasteiger partial charge on any atom is -0.456 e. The van der Waals surface area contributed by atoms with E-state index in [1.54, 1.807) is 0 Å². The van der Waals surface area contributed by atoms with Crippen LogP contribution in [0.15, 0.2) is 318 Å². The second-order valence-electron chi connectivity index (χ2n) is 25.9. The molecule has 0 saturated carbocycles. The standard InChI is InChI=1S/C90H48N6O6/c1-2-15-50(16-3-1)85-91-87(94-88(92-85)54-38-42-66-78(47-54)99-74-30-12-20-59(80(66)74)63-24-10-22-61-56-17-4-7-27-70(56)101-83(61)63)53-40-44-73-69(45-53)58-41-37-52(46-77(58)98-73)49-33-35-51(36-34-49)86-93-89(96-90(95-86)68-26-14-32-76-82(68)65-19-6-9-29-72(65)97-76)55-39-43-67-79(48-55)100-75-31-13-21-60(81(67)75)64-25-11-23-62-57-18-5-8-28-71(57)102-84(62)64/h1-48H. The van der Waals surface area contributed by atoms with Crippen molar-refractivity contribution in [2.24, 2.45) is 0 Å². The summed E-state index contributed by atoms with van der Waals surface area (Å²) in [5.41, 5.74) is 20.3. The highest BCUT2D eigenvalue weighted by Crippen LogP contribution is 2.46. The number of fused-ring (bicyclic) bond motifs is 18. The zero-order valence-electron chi connectivity index (χ0n) is 53.8. The van der Waals surface area contributed by atoms with Crippen molar-refractivity contribution in [3.8, 4) is 102 Å². The number of aromatic nitrogens is 6. The first-order valence-corrected chi connectivity index (χ1v) is 33.8. The van der Waals surface area contributed by atoms with Gasteiger partial charge < -0.3 is 26.5 Å². The van der Waals surface area contributed by atoms with Crippen LogP contribution in [-0.4, -0.2) is 29.9 Å². The molecule has 0 unspecified atom stereocenters. The molecule has 0 spiro atoms. The first-order chi connectivity index (χ1) is 50.5. The smallest absolute Gasteiger partial charge is 0.164 e. The molecule has 0 N–H and O–H groups in total. The summed E-state index contributed by atoms with van der Waals surface area (Å²) in [6, 6.07) is 98.7. The molecule has 0 atom stereocenters. The third-order valence-corrected chi connectivity index (χ3v) is 20.1. The van der Waals surface area contributed by atoms with Crippen LogP contribution in [0.25, 0.3) is 233 Å². The largest absolute Gasteiger partial charge is 0.456 e. The molecule has 22 aromatic rings. The van der Waals surface area contributed by atoms with Gasteiger partial charge in [-0.1, -0.05) is 200 Å². The van der Waals surface area contributed by atoms with Gasteiger partial charge in [0, 0.05) is 109 Å². The van der Waals surface area contributed by atoms with Crippen molar-refractivity contribution in [2.75, 3.05) is 0 Å². The number of hydrogen-bond donors (Lipinski definition) is 0. The Balaban J connectivity index is 0.608. The molecule has 102 heavy (non-hydrogen) atoms. The molecule has 0 aliphatic carbocycles. The van der Waals surface area contributed by atoms with Crippen molar-refractivity contribution >= 4 is 132 Å². The molecule has 0 aliphatic rings. The second-order valence-corrected chi connectivity index (χ2v) is 25.9. The van der Waals surface area contributed by atoms with Crippen LogP contribution in [0.4, 0.5) is 0 Å². The van der Waals surface area contributed by atoms with Gasteiger partial charge in [-0.2, -0.15) is 0 Å². The van der Waals surface area contributed by atoms with Crippen LogP contribution in [0.2, 0.25) is 0 Å². The number of rotatable bonds is 9. The summed E-state index contributed by atoms with van der Waals surface area (Å²) in [4.78, 5) is 31.3. The van der Waals surface area contributed by atoms with E-state index in [1.807, 2.05) is 146 Å². The van der Waals surface area contributed by atoms with Crippen molar-refractivity contribution in [2.45, 2.75) is 0 Å². The van der Waals surface area contributed by atoms with Crippen LogP contribution < -0.4 is 0 Å². The van der Waals surface area contributed by atoms with Crippen molar-refractivity contribution in [1.29, 1.82) is 0 Å². The van der Waals surface area contributed by atoms with Gasteiger partial charge in [0.1, 0.15) is 67.0 Å². The van der Waals surface area contributed by atoms with E-state index in [1.165, 1.54) is 0 Å². The molecule has 14 aromatic carbocycles. The highest BCUT2D eigenvalue weighted by Gasteiger charge is 2.24. The monoisotopic (exact) mass is 1310 g/mol. The van der Waals surface area contributed by atoms with Gasteiger partial charge in [0.15, 0.2) is 34.9 Å². The summed E-state index contributed by atoms with van der Waals surface area (Å²) < 4.78 is 39.6. The molecule has 0 saturated heterocycles. The number of benzene rings is 14. The number of nitrogens with zero attached hydrogens (tertiary/aromatic N) is 6. The summed E-state index contributed by atoms with van der Waals surface area (Å²) in [5, 5.41) is 12.1. The van der Waals surface area contributed by atoms with Gasteiger partial charge in [-0.25, -0.2) is 29.9 Å². The molecular formula is C90H48N6O6. The van der Waals surface area contributed by atoms with Crippen LogP contribution in [0, 0.1) is 0 Å².